The number of carbonyl (C=O) groups excluding carboxylic acids is 1. The molecule has 0 bridgehead atoms. The van der Waals surface area contributed by atoms with Crippen molar-refractivity contribution in [2.45, 2.75) is 6.92 Å². The number of ether oxygens (including phenoxy) is 1. The van der Waals surface area contributed by atoms with E-state index in [0.717, 1.165) is 0 Å². The highest BCUT2D eigenvalue weighted by atomic mass is 32.1. The summed E-state index contributed by atoms with van der Waals surface area (Å²) in [4.78, 5) is 16.4. The first-order chi connectivity index (χ1) is 8.61. The Hall–Kier alpha value is -1.95. The van der Waals surface area contributed by atoms with Gasteiger partial charge in [0.2, 0.25) is 0 Å². The standard InChI is InChI=1S/C12H11FN2O2S/c1-7-11(18-6-14-7)12(16)15-8-3-4-10(17-2)9(13)5-8/h3-6H,1-2H3,(H,15,16). The average molecular weight is 266 g/mol. The zero-order chi connectivity index (χ0) is 13.1. The van der Waals surface area contributed by atoms with Gasteiger partial charge in [0.15, 0.2) is 11.6 Å². The highest BCUT2D eigenvalue weighted by Crippen LogP contribution is 2.22. The summed E-state index contributed by atoms with van der Waals surface area (Å²) in [7, 11) is 1.39. The van der Waals surface area contributed by atoms with Crippen LogP contribution in [0.5, 0.6) is 5.75 Å². The van der Waals surface area contributed by atoms with Gasteiger partial charge in [0.1, 0.15) is 4.88 Å². The summed E-state index contributed by atoms with van der Waals surface area (Å²) in [6, 6.07) is 4.26. The fourth-order valence-electron chi connectivity index (χ4n) is 1.45. The fraction of sp³-hybridized carbons (Fsp3) is 0.167. The molecule has 6 heteroatoms. The van der Waals surface area contributed by atoms with Gasteiger partial charge in [0, 0.05) is 11.8 Å². The van der Waals surface area contributed by atoms with Crippen LogP contribution in [0, 0.1) is 12.7 Å². The number of carbonyl (C=O) groups is 1. The molecule has 0 unspecified atom stereocenters. The van der Waals surface area contributed by atoms with E-state index in [1.165, 1.54) is 30.6 Å². The zero-order valence-electron chi connectivity index (χ0n) is 9.86. The van der Waals surface area contributed by atoms with Crippen LogP contribution in [-0.4, -0.2) is 18.0 Å². The molecular weight excluding hydrogens is 255 g/mol. The number of hydrogen-bond donors (Lipinski definition) is 1. The van der Waals surface area contributed by atoms with Gasteiger partial charge in [0.25, 0.3) is 5.91 Å². The summed E-state index contributed by atoms with van der Waals surface area (Å²) in [5.41, 5.74) is 2.64. The molecule has 0 atom stereocenters. The molecule has 0 saturated heterocycles. The van der Waals surface area contributed by atoms with E-state index in [9.17, 15) is 9.18 Å². The Morgan fingerprint density at radius 1 is 1.50 bits per heavy atom. The van der Waals surface area contributed by atoms with Gasteiger partial charge in [-0.15, -0.1) is 11.3 Å². The largest absolute Gasteiger partial charge is 0.494 e. The quantitative estimate of drug-likeness (QED) is 0.929. The molecule has 1 aromatic carbocycles. The number of anilines is 1. The number of benzene rings is 1. The maximum Gasteiger partial charge on any atom is 0.267 e. The fourth-order valence-corrected chi connectivity index (χ4v) is 2.15. The molecule has 1 N–H and O–H groups in total. The Morgan fingerprint density at radius 2 is 2.28 bits per heavy atom. The SMILES string of the molecule is COc1ccc(NC(=O)c2scnc2C)cc1F. The minimum atomic E-state index is -0.517. The molecule has 1 heterocycles. The highest BCUT2D eigenvalue weighted by Gasteiger charge is 2.12. The van der Waals surface area contributed by atoms with Gasteiger partial charge in [-0.2, -0.15) is 0 Å². The lowest BCUT2D eigenvalue weighted by Crippen LogP contribution is -2.11. The lowest BCUT2D eigenvalue weighted by atomic mass is 10.2. The molecule has 2 rings (SSSR count). The normalized spacial score (nSPS) is 10.2. The van der Waals surface area contributed by atoms with Crippen LogP contribution in [0.2, 0.25) is 0 Å². The topological polar surface area (TPSA) is 51.2 Å². The number of rotatable bonds is 3. The van der Waals surface area contributed by atoms with Crippen molar-refractivity contribution in [3.63, 3.8) is 0 Å². The first-order valence-corrected chi connectivity index (χ1v) is 6.04. The molecule has 0 aliphatic heterocycles. The third-order valence-corrected chi connectivity index (χ3v) is 3.29. The molecule has 4 nitrogen and oxygen atoms in total. The Labute approximate surface area is 107 Å². The maximum atomic E-state index is 13.4. The molecule has 2 aromatic rings. The van der Waals surface area contributed by atoms with Crippen molar-refractivity contribution in [3.05, 3.63) is 40.1 Å². The molecule has 94 valence electrons. The predicted octanol–water partition coefficient (Wildman–Crippen LogP) is 2.85. The second kappa shape index (κ2) is 5.14. The number of aryl methyl sites for hydroxylation is 1. The zero-order valence-corrected chi connectivity index (χ0v) is 10.7. The summed E-state index contributed by atoms with van der Waals surface area (Å²) in [6.45, 7) is 1.75. The molecule has 0 saturated carbocycles. The van der Waals surface area contributed by atoms with Crippen LogP contribution >= 0.6 is 11.3 Å². The molecule has 1 aromatic heterocycles. The van der Waals surface area contributed by atoms with Crippen molar-refractivity contribution in [3.8, 4) is 5.75 Å². The maximum absolute atomic E-state index is 13.4. The van der Waals surface area contributed by atoms with Gasteiger partial charge < -0.3 is 10.1 Å². The van der Waals surface area contributed by atoms with Crippen LogP contribution in [0.3, 0.4) is 0 Å². The van der Waals surface area contributed by atoms with E-state index in [1.807, 2.05) is 0 Å². The number of nitrogens with zero attached hydrogens (tertiary/aromatic N) is 1. The van der Waals surface area contributed by atoms with Crippen LogP contribution < -0.4 is 10.1 Å². The molecular formula is C12H11FN2O2S. The number of nitrogens with one attached hydrogen (secondary N) is 1. The van der Waals surface area contributed by atoms with Crippen LogP contribution in [-0.2, 0) is 0 Å². The number of halogens is 1. The number of thiazole rings is 1. The summed E-state index contributed by atoms with van der Waals surface area (Å²) in [5.74, 6) is -0.669. The number of amides is 1. The van der Waals surface area contributed by atoms with E-state index < -0.39 is 5.82 Å². The van der Waals surface area contributed by atoms with Gasteiger partial charge in [-0.05, 0) is 19.1 Å². The van der Waals surface area contributed by atoms with Crippen molar-refractivity contribution < 1.29 is 13.9 Å². The minimum Gasteiger partial charge on any atom is -0.494 e. The molecule has 1 amide bonds. The van der Waals surface area contributed by atoms with Crippen molar-refractivity contribution in [1.82, 2.24) is 4.98 Å². The van der Waals surface area contributed by atoms with Crippen LogP contribution in [0.15, 0.2) is 23.7 Å². The van der Waals surface area contributed by atoms with Crippen molar-refractivity contribution in [2.75, 3.05) is 12.4 Å². The Kier molecular flexibility index (Phi) is 3.57. The molecule has 0 fully saturated rings. The van der Waals surface area contributed by atoms with E-state index in [-0.39, 0.29) is 11.7 Å². The van der Waals surface area contributed by atoms with Gasteiger partial charge in [0.05, 0.1) is 18.3 Å². The monoisotopic (exact) mass is 266 g/mol. The third-order valence-electron chi connectivity index (χ3n) is 2.36. The summed E-state index contributed by atoms with van der Waals surface area (Å²) in [6.07, 6.45) is 0. The third kappa shape index (κ3) is 2.48. The van der Waals surface area contributed by atoms with E-state index in [2.05, 4.69) is 10.3 Å². The molecule has 0 radical (unpaired) electrons. The lowest BCUT2D eigenvalue weighted by Gasteiger charge is -2.06. The number of aromatic nitrogens is 1. The van der Waals surface area contributed by atoms with E-state index >= 15 is 0 Å². The average Bonchev–Trinajstić information content (AvgIpc) is 2.76. The van der Waals surface area contributed by atoms with Gasteiger partial charge in [-0.25, -0.2) is 9.37 Å². The second-order valence-electron chi connectivity index (χ2n) is 3.57. The Balaban J connectivity index is 2.17. The lowest BCUT2D eigenvalue weighted by molar-refractivity contribution is 0.103. The first-order valence-electron chi connectivity index (χ1n) is 5.17. The summed E-state index contributed by atoms with van der Waals surface area (Å²) < 4.78 is 18.2. The van der Waals surface area contributed by atoms with Gasteiger partial charge >= 0.3 is 0 Å². The predicted molar refractivity (Wildman–Crippen MR) is 67.8 cm³/mol. The van der Waals surface area contributed by atoms with Gasteiger partial charge in [-0.3, -0.25) is 4.79 Å². The molecule has 0 spiro atoms. The number of methoxy groups -OCH3 is 1. The van der Waals surface area contributed by atoms with E-state index in [0.29, 0.717) is 16.3 Å². The van der Waals surface area contributed by atoms with Crippen LogP contribution in [0.1, 0.15) is 15.4 Å². The van der Waals surface area contributed by atoms with Crippen LogP contribution in [0.4, 0.5) is 10.1 Å². The van der Waals surface area contributed by atoms with Crippen LogP contribution in [0.25, 0.3) is 0 Å². The number of hydrogen-bond acceptors (Lipinski definition) is 4. The Morgan fingerprint density at radius 3 is 2.83 bits per heavy atom. The smallest absolute Gasteiger partial charge is 0.267 e. The van der Waals surface area contributed by atoms with E-state index in [1.54, 1.807) is 18.5 Å². The summed E-state index contributed by atoms with van der Waals surface area (Å²) >= 11 is 1.25. The summed E-state index contributed by atoms with van der Waals surface area (Å²) in [5, 5.41) is 2.61. The van der Waals surface area contributed by atoms with Crippen molar-refractivity contribution in [2.24, 2.45) is 0 Å². The first kappa shape index (κ1) is 12.5. The minimum absolute atomic E-state index is 0.141. The molecule has 0 aliphatic rings. The molecule has 0 aliphatic carbocycles. The second-order valence-corrected chi connectivity index (χ2v) is 4.43. The molecule has 18 heavy (non-hydrogen) atoms. The van der Waals surface area contributed by atoms with Crippen molar-refractivity contribution >= 4 is 22.9 Å². The van der Waals surface area contributed by atoms with E-state index in [4.69, 9.17) is 4.74 Å². The Bertz CT molecular complexity index is 583. The van der Waals surface area contributed by atoms with Gasteiger partial charge in [-0.1, -0.05) is 0 Å². The highest BCUT2D eigenvalue weighted by molar-refractivity contribution is 7.12. The van der Waals surface area contributed by atoms with Crippen molar-refractivity contribution in [1.29, 1.82) is 0 Å².